The summed E-state index contributed by atoms with van der Waals surface area (Å²) < 4.78 is 3.81. The average molecular weight is 443 g/mol. The fraction of sp³-hybridized carbons (Fsp3) is 0.273. The number of carbonyl (C=O) groups excluding carboxylic acids is 2. The van der Waals surface area contributed by atoms with E-state index in [2.05, 4.69) is 14.9 Å². The zero-order chi connectivity index (χ0) is 21.7. The van der Waals surface area contributed by atoms with Gasteiger partial charge >= 0.3 is 0 Å². The van der Waals surface area contributed by atoms with Crippen LogP contribution in [-0.2, 0) is 11.3 Å². The Labute approximate surface area is 185 Å². The Kier molecular flexibility index (Phi) is 6.84. The number of nitrogens with one attached hydrogen (secondary N) is 1. The molecule has 3 aromatic rings. The molecule has 1 N–H and O–H groups in total. The van der Waals surface area contributed by atoms with Gasteiger partial charge in [0, 0.05) is 22.5 Å². The second-order valence-corrected chi connectivity index (χ2v) is 8.95. The number of hydrogen-bond acceptors (Lipinski definition) is 5. The highest BCUT2D eigenvalue weighted by Gasteiger charge is 2.34. The number of hydrogen-bond donors (Lipinski definition) is 1. The molecule has 1 heterocycles. The Morgan fingerprint density at radius 3 is 2.33 bits per heavy atom. The molecule has 0 aliphatic carbocycles. The second kappa shape index (κ2) is 9.36. The third-order valence-electron chi connectivity index (χ3n) is 4.28. The number of rotatable bonds is 6. The van der Waals surface area contributed by atoms with Gasteiger partial charge in [-0.05, 0) is 55.6 Å². The summed E-state index contributed by atoms with van der Waals surface area (Å²) in [7, 11) is 0. The number of benzene rings is 2. The molecule has 1 aromatic heterocycles. The summed E-state index contributed by atoms with van der Waals surface area (Å²) >= 11 is 7.10. The largest absolute Gasteiger partial charge is 0.349 e. The Balaban J connectivity index is 2.06. The topological polar surface area (TPSA) is 75.2 Å². The van der Waals surface area contributed by atoms with Crippen LogP contribution in [-0.4, -0.2) is 31.8 Å². The van der Waals surface area contributed by atoms with E-state index in [-0.39, 0.29) is 24.1 Å². The van der Waals surface area contributed by atoms with Gasteiger partial charge in [-0.15, -0.1) is 5.10 Å². The minimum absolute atomic E-state index is 0.207. The molecule has 0 saturated heterocycles. The molecule has 0 bridgehead atoms. The molecule has 2 amide bonds. The van der Waals surface area contributed by atoms with Crippen molar-refractivity contribution in [3.8, 4) is 0 Å². The van der Waals surface area contributed by atoms with E-state index in [9.17, 15) is 9.59 Å². The third kappa shape index (κ3) is 5.64. The summed E-state index contributed by atoms with van der Waals surface area (Å²) in [6.07, 6.45) is 0. The van der Waals surface area contributed by atoms with Crippen LogP contribution in [0.1, 0.15) is 48.4 Å². The lowest BCUT2D eigenvalue weighted by Gasteiger charge is -2.33. The van der Waals surface area contributed by atoms with Crippen LogP contribution in [0.25, 0.3) is 0 Å². The molecule has 0 spiro atoms. The first-order chi connectivity index (χ1) is 14.2. The van der Waals surface area contributed by atoms with Gasteiger partial charge in [-0.1, -0.05) is 58.6 Å². The van der Waals surface area contributed by atoms with E-state index >= 15 is 0 Å². The maximum atomic E-state index is 13.4. The maximum absolute atomic E-state index is 13.4. The molecule has 0 aliphatic rings. The van der Waals surface area contributed by atoms with Crippen molar-refractivity contribution in [2.24, 2.45) is 0 Å². The number of halogens is 1. The average Bonchev–Trinajstić information content (AvgIpc) is 3.23. The highest BCUT2D eigenvalue weighted by atomic mass is 35.5. The highest BCUT2D eigenvalue weighted by molar-refractivity contribution is 7.03. The number of carbonyl (C=O) groups is 2. The van der Waals surface area contributed by atoms with Gasteiger partial charge in [-0.3, -0.25) is 9.59 Å². The molecular weight excluding hydrogens is 420 g/mol. The summed E-state index contributed by atoms with van der Waals surface area (Å²) in [4.78, 5) is 28.3. The maximum Gasteiger partial charge on any atom is 0.276 e. The van der Waals surface area contributed by atoms with Crippen molar-refractivity contribution in [3.63, 3.8) is 0 Å². The van der Waals surface area contributed by atoms with Crippen LogP contribution in [0.4, 0.5) is 0 Å². The Morgan fingerprint density at radius 1 is 1.10 bits per heavy atom. The molecule has 0 radical (unpaired) electrons. The predicted octanol–water partition coefficient (Wildman–Crippen LogP) is 4.49. The number of aromatic nitrogens is 2. The number of amides is 2. The van der Waals surface area contributed by atoms with E-state index in [1.165, 1.54) is 4.90 Å². The predicted molar refractivity (Wildman–Crippen MR) is 118 cm³/mol. The van der Waals surface area contributed by atoms with E-state index in [1.54, 1.807) is 17.5 Å². The molecular formula is C22H23ClN4O2S. The monoisotopic (exact) mass is 442 g/mol. The van der Waals surface area contributed by atoms with Crippen molar-refractivity contribution < 1.29 is 9.59 Å². The van der Waals surface area contributed by atoms with Crippen LogP contribution in [0.3, 0.4) is 0 Å². The minimum atomic E-state index is -0.838. The molecule has 2 aromatic carbocycles. The minimum Gasteiger partial charge on any atom is -0.349 e. The molecule has 8 heteroatoms. The highest BCUT2D eigenvalue weighted by Crippen LogP contribution is 2.27. The lowest BCUT2D eigenvalue weighted by molar-refractivity contribution is -0.127. The molecule has 1 atom stereocenters. The summed E-state index contributed by atoms with van der Waals surface area (Å²) in [6.45, 7) is 5.93. The lowest BCUT2D eigenvalue weighted by atomic mass is 10.0. The van der Waals surface area contributed by atoms with E-state index in [0.29, 0.717) is 10.6 Å². The fourth-order valence-electron chi connectivity index (χ4n) is 3.02. The van der Waals surface area contributed by atoms with Crippen molar-refractivity contribution in [1.82, 2.24) is 19.8 Å². The van der Waals surface area contributed by atoms with Gasteiger partial charge < -0.3 is 10.2 Å². The van der Waals surface area contributed by atoms with E-state index < -0.39 is 11.6 Å². The zero-order valence-corrected chi connectivity index (χ0v) is 18.6. The Morgan fingerprint density at radius 2 is 1.77 bits per heavy atom. The summed E-state index contributed by atoms with van der Waals surface area (Å²) in [5.74, 6) is -0.629. The molecule has 3 rings (SSSR count). The van der Waals surface area contributed by atoms with Crippen LogP contribution >= 0.6 is 23.1 Å². The van der Waals surface area contributed by atoms with Gasteiger partial charge in [0.05, 0.1) is 0 Å². The molecule has 156 valence electrons. The molecule has 0 saturated carbocycles. The van der Waals surface area contributed by atoms with Crippen molar-refractivity contribution in [2.45, 2.75) is 38.9 Å². The second-order valence-electron chi connectivity index (χ2n) is 7.90. The molecule has 0 unspecified atom stereocenters. The van der Waals surface area contributed by atoms with Gasteiger partial charge in [0.15, 0.2) is 5.69 Å². The first kappa shape index (κ1) is 21.9. The van der Waals surface area contributed by atoms with Crippen LogP contribution < -0.4 is 5.32 Å². The smallest absolute Gasteiger partial charge is 0.276 e. The van der Waals surface area contributed by atoms with Crippen molar-refractivity contribution in [2.75, 3.05) is 0 Å². The SMILES string of the molecule is CC(C)(C)NC(=O)[C@@H](c1ccccc1)N(Cc1ccc(Cl)cc1)C(=O)c1csnn1. The van der Waals surface area contributed by atoms with Crippen LogP contribution in [0.15, 0.2) is 60.0 Å². The van der Waals surface area contributed by atoms with Gasteiger partial charge in [0.1, 0.15) is 6.04 Å². The van der Waals surface area contributed by atoms with Crippen LogP contribution in [0.5, 0.6) is 0 Å². The lowest BCUT2D eigenvalue weighted by Crippen LogP contribution is -2.49. The normalized spacial score (nSPS) is 12.3. The molecule has 30 heavy (non-hydrogen) atoms. The summed E-state index contributed by atoms with van der Waals surface area (Å²) in [5, 5.41) is 9.12. The van der Waals surface area contributed by atoms with Crippen LogP contribution in [0.2, 0.25) is 5.02 Å². The van der Waals surface area contributed by atoms with E-state index in [4.69, 9.17) is 11.6 Å². The first-order valence-corrected chi connectivity index (χ1v) is 10.7. The molecule has 6 nitrogen and oxygen atoms in total. The van der Waals surface area contributed by atoms with Crippen molar-refractivity contribution in [1.29, 1.82) is 0 Å². The van der Waals surface area contributed by atoms with E-state index in [1.807, 2.05) is 63.2 Å². The quantitative estimate of drug-likeness (QED) is 0.610. The van der Waals surface area contributed by atoms with E-state index in [0.717, 1.165) is 17.1 Å². The van der Waals surface area contributed by atoms with Gasteiger partial charge in [0.25, 0.3) is 5.91 Å². The first-order valence-electron chi connectivity index (χ1n) is 9.44. The molecule has 0 aliphatic heterocycles. The third-order valence-corrected chi connectivity index (χ3v) is 5.04. The molecule has 0 fully saturated rings. The Hall–Kier alpha value is -2.77. The fourth-order valence-corrected chi connectivity index (χ4v) is 3.57. The van der Waals surface area contributed by atoms with Gasteiger partial charge in [-0.2, -0.15) is 0 Å². The van der Waals surface area contributed by atoms with Crippen LogP contribution in [0, 0.1) is 0 Å². The zero-order valence-electron chi connectivity index (χ0n) is 17.0. The summed E-state index contributed by atoms with van der Waals surface area (Å²) in [5.41, 5.74) is 1.31. The van der Waals surface area contributed by atoms with Crippen molar-refractivity contribution in [3.05, 3.63) is 81.8 Å². The summed E-state index contributed by atoms with van der Waals surface area (Å²) in [6, 6.07) is 15.6. The number of nitrogens with zero attached hydrogens (tertiary/aromatic N) is 3. The van der Waals surface area contributed by atoms with Gasteiger partial charge in [0.2, 0.25) is 5.91 Å². The Bertz CT molecular complexity index is 986. The van der Waals surface area contributed by atoms with Crippen molar-refractivity contribution >= 4 is 34.9 Å². The standard InChI is InChI=1S/C22H23ClN4O2S/c1-22(2,3)24-20(28)19(16-7-5-4-6-8-16)27(21(29)18-14-30-26-25-18)13-15-9-11-17(23)12-10-15/h4-12,14,19H,13H2,1-3H3,(H,24,28)/t19-/m1/s1. The van der Waals surface area contributed by atoms with Gasteiger partial charge in [-0.25, -0.2) is 0 Å².